The molecule has 0 saturated heterocycles. The number of benzene rings is 3. The zero-order chi connectivity index (χ0) is 20.1. The van der Waals surface area contributed by atoms with Crippen molar-refractivity contribution in [3.8, 4) is 0 Å². The lowest BCUT2D eigenvalue weighted by molar-refractivity contribution is -0.119. The van der Waals surface area contributed by atoms with Crippen molar-refractivity contribution < 1.29 is 4.79 Å². The Kier molecular flexibility index (Phi) is 5.93. The predicted molar refractivity (Wildman–Crippen MR) is 123 cm³/mol. The van der Waals surface area contributed by atoms with Crippen LogP contribution in [-0.4, -0.2) is 16.0 Å². The van der Waals surface area contributed by atoms with Crippen molar-refractivity contribution in [2.24, 2.45) is 0 Å². The first kappa shape index (κ1) is 19.2. The van der Waals surface area contributed by atoms with E-state index < -0.39 is 0 Å². The third-order valence-electron chi connectivity index (χ3n) is 4.37. The van der Waals surface area contributed by atoms with Gasteiger partial charge in [0.25, 0.3) is 0 Å². The van der Waals surface area contributed by atoms with Crippen LogP contribution in [0.2, 0.25) is 0 Å². The molecule has 0 aliphatic carbocycles. The fourth-order valence-corrected chi connectivity index (χ4v) is 4.22. The van der Waals surface area contributed by atoms with Crippen molar-refractivity contribution >= 4 is 50.5 Å². The molecule has 4 nitrogen and oxygen atoms in total. The monoisotopic (exact) mass is 417 g/mol. The number of nitrogens with zero attached hydrogens (tertiary/aromatic N) is 1. The quantitative estimate of drug-likeness (QED) is 0.452. The van der Waals surface area contributed by atoms with Gasteiger partial charge in [0, 0.05) is 12.1 Å². The van der Waals surface area contributed by atoms with Gasteiger partial charge >= 0.3 is 0 Å². The number of carbonyl (C=O) groups is 1. The zero-order valence-corrected chi connectivity index (χ0v) is 17.2. The number of hydrogen-bond acceptors (Lipinski definition) is 4. The van der Waals surface area contributed by atoms with Crippen LogP contribution in [0.3, 0.4) is 0 Å². The molecule has 0 spiro atoms. The summed E-state index contributed by atoms with van der Waals surface area (Å²) in [5.74, 6) is -0.138. The summed E-state index contributed by atoms with van der Waals surface area (Å²) in [5, 5.41) is 7.17. The molecular formula is C23H19N3OS2. The van der Waals surface area contributed by atoms with Gasteiger partial charge in [-0.1, -0.05) is 54.6 Å². The third-order valence-corrected chi connectivity index (χ3v) is 5.61. The number of aromatic nitrogens is 1. The fourth-order valence-electron chi connectivity index (χ4n) is 2.99. The summed E-state index contributed by atoms with van der Waals surface area (Å²) in [5.41, 5.74) is 4.01. The maximum atomic E-state index is 12.1. The zero-order valence-electron chi connectivity index (χ0n) is 15.6. The van der Waals surface area contributed by atoms with E-state index in [-0.39, 0.29) is 5.91 Å². The third kappa shape index (κ3) is 5.25. The van der Waals surface area contributed by atoms with E-state index in [1.165, 1.54) is 10.3 Å². The van der Waals surface area contributed by atoms with Gasteiger partial charge in [-0.05, 0) is 47.6 Å². The van der Waals surface area contributed by atoms with E-state index in [4.69, 9.17) is 12.2 Å². The maximum absolute atomic E-state index is 12.1. The van der Waals surface area contributed by atoms with Crippen molar-refractivity contribution in [3.05, 3.63) is 95.0 Å². The van der Waals surface area contributed by atoms with E-state index in [0.717, 1.165) is 28.2 Å². The Balaban J connectivity index is 1.31. The summed E-state index contributed by atoms with van der Waals surface area (Å²) < 4.78 is 1.21. The molecule has 144 valence electrons. The number of fused-ring (bicyclic) bond motifs is 1. The smallest absolute Gasteiger partial charge is 0.230 e. The van der Waals surface area contributed by atoms with Crippen molar-refractivity contribution in [1.82, 2.24) is 10.3 Å². The first-order chi connectivity index (χ1) is 14.2. The Bertz CT molecular complexity index is 1100. The molecule has 1 amide bonds. The number of hydrogen-bond donors (Lipinski definition) is 2. The Morgan fingerprint density at radius 3 is 2.38 bits per heavy atom. The number of thiocarbonyl (C=S) groups is 1. The van der Waals surface area contributed by atoms with Crippen molar-refractivity contribution in [2.45, 2.75) is 12.8 Å². The molecule has 3 aromatic carbocycles. The summed E-state index contributed by atoms with van der Waals surface area (Å²) in [4.78, 5) is 16.8. The largest absolute Gasteiger partial charge is 0.332 e. The molecule has 0 aliphatic heterocycles. The van der Waals surface area contributed by atoms with Gasteiger partial charge in [-0.2, -0.15) is 0 Å². The second-order valence-electron chi connectivity index (χ2n) is 6.61. The maximum Gasteiger partial charge on any atom is 0.230 e. The molecule has 0 bridgehead atoms. The van der Waals surface area contributed by atoms with E-state index in [9.17, 15) is 4.79 Å². The highest BCUT2D eigenvalue weighted by molar-refractivity contribution is 7.80. The normalized spacial score (nSPS) is 10.6. The number of carbonyl (C=O) groups excluding carboxylic acids is 1. The lowest BCUT2D eigenvalue weighted by Gasteiger charge is -2.10. The summed E-state index contributed by atoms with van der Waals surface area (Å²) in [6.07, 6.45) is 1.08. The highest BCUT2D eigenvalue weighted by Crippen LogP contribution is 2.24. The van der Waals surface area contributed by atoms with Crippen LogP contribution in [0.1, 0.15) is 16.1 Å². The van der Waals surface area contributed by atoms with Gasteiger partial charge in [0.2, 0.25) is 5.91 Å². The Morgan fingerprint density at radius 1 is 0.897 bits per heavy atom. The van der Waals surface area contributed by atoms with E-state index in [1.54, 1.807) is 11.3 Å². The highest BCUT2D eigenvalue weighted by atomic mass is 32.1. The van der Waals surface area contributed by atoms with Gasteiger partial charge in [-0.15, -0.1) is 11.3 Å². The first-order valence-electron chi connectivity index (χ1n) is 9.24. The van der Waals surface area contributed by atoms with Crippen molar-refractivity contribution in [3.63, 3.8) is 0 Å². The van der Waals surface area contributed by atoms with Gasteiger partial charge in [-0.3, -0.25) is 4.79 Å². The van der Waals surface area contributed by atoms with E-state index in [2.05, 4.69) is 21.7 Å². The lowest BCUT2D eigenvalue weighted by atomic mass is 10.1. The minimum Gasteiger partial charge on any atom is -0.332 e. The lowest BCUT2D eigenvalue weighted by Crippen LogP contribution is -2.35. The molecule has 0 fully saturated rings. The number of nitrogens with one attached hydrogen (secondary N) is 2. The van der Waals surface area contributed by atoms with E-state index in [1.807, 2.05) is 72.8 Å². The van der Waals surface area contributed by atoms with Gasteiger partial charge in [0.15, 0.2) is 5.11 Å². The van der Waals surface area contributed by atoms with Crippen LogP contribution in [0.25, 0.3) is 10.2 Å². The van der Waals surface area contributed by atoms with Crippen molar-refractivity contribution in [2.75, 3.05) is 5.32 Å². The molecule has 29 heavy (non-hydrogen) atoms. The molecular weight excluding hydrogens is 398 g/mol. The van der Waals surface area contributed by atoms with E-state index >= 15 is 0 Å². The van der Waals surface area contributed by atoms with Crippen LogP contribution in [0.4, 0.5) is 5.69 Å². The number of para-hydroxylation sites is 1. The second-order valence-corrected chi connectivity index (χ2v) is 8.14. The highest BCUT2D eigenvalue weighted by Gasteiger charge is 2.07. The summed E-state index contributed by atoms with van der Waals surface area (Å²) >= 11 is 6.97. The molecule has 0 unspecified atom stereocenters. The molecule has 4 aromatic rings. The van der Waals surface area contributed by atoms with Gasteiger partial charge < -0.3 is 10.6 Å². The molecule has 1 heterocycles. The minimum absolute atomic E-state index is 0.138. The topological polar surface area (TPSA) is 54.0 Å². The molecule has 1 aromatic heterocycles. The molecule has 0 radical (unpaired) electrons. The average Bonchev–Trinajstić information content (AvgIpc) is 3.12. The Labute approximate surface area is 178 Å². The summed E-state index contributed by atoms with van der Waals surface area (Å²) in [6.45, 7) is 0. The molecule has 0 atom stereocenters. The SMILES string of the molecule is O=C(Cc1ccccc1)NC(=S)Nc1ccc(Cc2nc3ccccc3s2)cc1. The van der Waals surface area contributed by atoms with Crippen LogP contribution < -0.4 is 10.6 Å². The predicted octanol–water partition coefficient (Wildman–Crippen LogP) is 4.94. The Morgan fingerprint density at radius 2 is 1.62 bits per heavy atom. The van der Waals surface area contributed by atoms with Crippen molar-refractivity contribution in [1.29, 1.82) is 0 Å². The number of thiazole rings is 1. The average molecular weight is 418 g/mol. The molecule has 0 aliphatic rings. The van der Waals surface area contributed by atoms with Crippen LogP contribution in [-0.2, 0) is 17.6 Å². The van der Waals surface area contributed by atoms with Gasteiger partial charge in [-0.25, -0.2) is 4.98 Å². The molecule has 4 rings (SSSR count). The summed E-state index contributed by atoms with van der Waals surface area (Å²) in [7, 11) is 0. The van der Waals surface area contributed by atoms with Crippen LogP contribution in [0.5, 0.6) is 0 Å². The fraction of sp³-hybridized carbons (Fsp3) is 0.0870. The second kappa shape index (κ2) is 8.94. The number of amides is 1. The van der Waals surface area contributed by atoms with Gasteiger partial charge in [0.05, 0.1) is 21.6 Å². The molecule has 2 N–H and O–H groups in total. The minimum atomic E-state index is -0.138. The summed E-state index contributed by atoms with van der Waals surface area (Å²) in [6, 6.07) is 25.8. The number of rotatable bonds is 5. The van der Waals surface area contributed by atoms with Crippen LogP contribution in [0.15, 0.2) is 78.9 Å². The number of anilines is 1. The molecule has 6 heteroatoms. The first-order valence-corrected chi connectivity index (χ1v) is 10.5. The van der Waals surface area contributed by atoms with E-state index in [0.29, 0.717) is 11.5 Å². The van der Waals surface area contributed by atoms with Crippen LogP contribution >= 0.6 is 23.6 Å². The Hall–Kier alpha value is -3.09. The van der Waals surface area contributed by atoms with Crippen LogP contribution in [0, 0.1) is 0 Å². The molecule has 0 saturated carbocycles. The standard InChI is InChI=1S/C23H19N3OS2/c27-21(14-16-6-2-1-3-7-16)26-23(28)24-18-12-10-17(11-13-18)15-22-25-19-8-4-5-9-20(19)29-22/h1-13H,14-15H2,(H2,24,26,27,28). The van der Waals surface area contributed by atoms with Gasteiger partial charge in [0.1, 0.15) is 0 Å².